The number of aliphatic carboxylic acids is 1. The van der Waals surface area contributed by atoms with E-state index in [1.54, 1.807) is 0 Å². The molecule has 1 aromatic heterocycles. The Hall–Kier alpha value is -2.83. The summed E-state index contributed by atoms with van der Waals surface area (Å²) in [5.41, 5.74) is 0.625. The first kappa shape index (κ1) is 16.6. The quantitative estimate of drug-likeness (QED) is 0.882. The van der Waals surface area contributed by atoms with Crippen molar-refractivity contribution >= 4 is 11.9 Å². The third-order valence-corrected chi connectivity index (χ3v) is 5.53. The Morgan fingerprint density at radius 1 is 1.12 bits per heavy atom. The van der Waals surface area contributed by atoms with Crippen LogP contribution in [0, 0.1) is 5.92 Å². The monoisotopic (exact) mass is 355 g/mol. The van der Waals surface area contributed by atoms with E-state index in [1.165, 1.54) is 15.8 Å². The van der Waals surface area contributed by atoms with E-state index in [-0.39, 0.29) is 23.4 Å². The number of carbonyl (C=O) groups is 2. The van der Waals surface area contributed by atoms with Gasteiger partial charge in [0.15, 0.2) is 11.4 Å². The van der Waals surface area contributed by atoms with Crippen molar-refractivity contribution in [3.8, 4) is 11.4 Å². The largest absolute Gasteiger partial charge is 0.504 e. The maximum atomic E-state index is 13.1. The van der Waals surface area contributed by atoms with Crippen LogP contribution in [0.3, 0.4) is 0 Å². The van der Waals surface area contributed by atoms with Crippen molar-refractivity contribution in [3.63, 3.8) is 0 Å². The van der Waals surface area contributed by atoms with Gasteiger partial charge in [-0.3, -0.25) is 4.79 Å². The zero-order valence-electron chi connectivity index (χ0n) is 14.3. The summed E-state index contributed by atoms with van der Waals surface area (Å²) in [6, 6.07) is 8.23. The van der Waals surface area contributed by atoms with Crippen molar-refractivity contribution in [1.82, 2.24) is 14.7 Å². The van der Waals surface area contributed by atoms with Gasteiger partial charge in [-0.05, 0) is 37.3 Å². The molecule has 26 heavy (non-hydrogen) atoms. The Balaban J connectivity index is 1.68. The molecule has 136 valence electrons. The number of hydrogen-bond acceptors (Lipinski definition) is 4. The lowest BCUT2D eigenvalue weighted by Gasteiger charge is -2.32. The summed E-state index contributed by atoms with van der Waals surface area (Å²) in [5.74, 6) is -1.51. The number of aromatic nitrogens is 2. The van der Waals surface area contributed by atoms with E-state index in [2.05, 4.69) is 5.10 Å². The zero-order valence-corrected chi connectivity index (χ0v) is 14.3. The van der Waals surface area contributed by atoms with E-state index in [0.717, 1.165) is 25.7 Å². The molecule has 7 nitrogen and oxygen atoms in total. The summed E-state index contributed by atoms with van der Waals surface area (Å²) >= 11 is 0. The highest BCUT2D eigenvalue weighted by atomic mass is 16.4. The minimum atomic E-state index is -0.991. The molecule has 4 rings (SSSR count). The van der Waals surface area contributed by atoms with E-state index in [9.17, 15) is 19.8 Å². The Bertz CT molecular complexity index is 833. The fraction of sp³-hybridized carbons (Fsp3) is 0.421. The number of carboxylic acids is 1. The van der Waals surface area contributed by atoms with E-state index >= 15 is 0 Å². The van der Waals surface area contributed by atoms with Gasteiger partial charge < -0.3 is 15.1 Å². The molecule has 1 saturated heterocycles. The van der Waals surface area contributed by atoms with E-state index in [0.29, 0.717) is 12.1 Å². The van der Waals surface area contributed by atoms with Crippen molar-refractivity contribution in [2.24, 2.45) is 5.92 Å². The molecule has 2 heterocycles. The van der Waals surface area contributed by atoms with Gasteiger partial charge in [-0.25, -0.2) is 9.48 Å². The Morgan fingerprint density at radius 2 is 1.85 bits per heavy atom. The molecule has 2 N–H and O–H groups in total. The lowest BCUT2D eigenvalue weighted by Crippen LogP contribution is -2.46. The molecule has 0 radical (unpaired) electrons. The van der Waals surface area contributed by atoms with Gasteiger partial charge in [0.25, 0.3) is 5.91 Å². The fourth-order valence-corrected chi connectivity index (χ4v) is 4.33. The lowest BCUT2D eigenvalue weighted by atomic mass is 9.84. The topological polar surface area (TPSA) is 95.7 Å². The smallest absolute Gasteiger partial charge is 0.326 e. The number of amides is 1. The van der Waals surface area contributed by atoms with Crippen molar-refractivity contribution in [2.75, 3.05) is 0 Å². The van der Waals surface area contributed by atoms with Gasteiger partial charge in [-0.1, -0.05) is 31.0 Å². The summed E-state index contributed by atoms with van der Waals surface area (Å²) in [6.45, 7) is 0. The number of carboxylic acid groups (broad SMARTS) is 1. The molecule has 0 bridgehead atoms. The second-order valence-electron chi connectivity index (χ2n) is 7.06. The highest BCUT2D eigenvalue weighted by Gasteiger charge is 2.48. The van der Waals surface area contributed by atoms with Crippen LogP contribution >= 0.6 is 0 Å². The average molecular weight is 355 g/mol. The minimum absolute atomic E-state index is 0.0846. The molecule has 1 amide bonds. The lowest BCUT2D eigenvalue weighted by molar-refractivity contribution is -0.141. The van der Waals surface area contributed by atoms with Crippen LogP contribution in [0.4, 0.5) is 0 Å². The van der Waals surface area contributed by atoms with Gasteiger partial charge in [0, 0.05) is 6.04 Å². The first-order valence-electron chi connectivity index (χ1n) is 8.96. The maximum Gasteiger partial charge on any atom is 0.326 e. The number of aromatic hydroxyl groups is 1. The Morgan fingerprint density at radius 3 is 2.58 bits per heavy atom. The number of fused-ring (bicyclic) bond motifs is 1. The number of benzene rings is 1. The SMILES string of the molecule is O=C(O)C1CC2CCCCC2N1C(=O)c1nn(-c2ccccc2)cc1O. The molecule has 2 aliphatic rings. The predicted octanol–water partition coefficient (Wildman–Crippen LogP) is 2.44. The van der Waals surface area contributed by atoms with Crippen LogP contribution in [0.1, 0.15) is 42.6 Å². The zero-order chi connectivity index (χ0) is 18.3. The van der Waals surface area contributed by atoms with Crippen LogP contribution in [0.2, 0.25) is 0 Å². The molecular weight excluding hydrogens is 334 g/mol. The number of hydrogen-bond donors (Lipinski definition) is 2. The number of carbonyl (C=O) groups excluding carboxylic acids is 1. The van der Waals surface area contributed by atoms with Crippen molar-refractivity contribution < 1.29 is 19.8 Å². The van der Waals surface area contributed by atoms with Crippen molar-refractivity contribution in [2.45, 2.75) is 44.2 Å². The third-order valence-electron chi connectivity index (χ3n) is 5.53. The second kappa shape index (κ2) is 6.48. The molecule has 1 aliphatic heterocycles. The number of para-hydroxylation sites is 1. The van der Waals surface area contributed by atoms with Crippen LogP contribution in [0.15, 0.2) is 36.5 Å². The summed E-state index contributed by atoms with van der Waals surface area (Å²) in [6.07, 6.45) is 5.67. The Kier molecular flexibility index (Phi) is 4.14. The minimum Gasteiger partial charge on any atom is -0.504 e. The predicted molar refractivity (Wildman–Crippen MR) is 93.2 cm³/mol. The Labute approximate surface area is 150 Å². The summed E-state index contributed by atoms with van der Waals surface area (Å²) in [4.78, 5) is 26.3. The average Bonchev–Trinajstić information content (AvgIpc) is 3.23. The normalized spacial score (nSPS) is 25.1. The van der Waals surface area contributed by atoms with Gasteiger partial charge in [0.05, 0.1) is 11.9 Å². The van der Waals surface area contributed by atoms with Crippen LogP contribution in [-0.4, -0.2) is 48.9 Å². The number of likely N-dealkylation sites (tertiary alicyclic amines) is 1. The van der Waals surface area contributed by atoms with Crippen LogP contribution < -0.4 is 0 Å². The molecular formula is C19H21N3O4. The van der Waals surface area contributed by atoms with Crippen LogP contribution in [-0.2, 0) is 4.79 Å². The molecule has 2 fully saturated rings. The standard InChI is InChI=1S/C19H21N3O4/c23-16-11-21(13-7-2-1-3-8-13)20-17(16)18(24)22-14-9-5-4-6-12(14)10-15(22)19(25)26/h1-3,7-8,11-12,14-15,23H,4-6,9-10H2,(H,25,26). The molecule has 0 spiro atoms. The number of nitrogens with zero attached hydrogens (tertiary/aromatic N) is 3. The van der Waals surface area contributed by atoms with E-state index in [4.69, 9.17) is 0 Å². The summed E-state index contributed by atoms with van der Waals surface area (Å²) in [7, 11) is 0. The highest BCUT2D eigenvalue weighted by Crippen LogP contribution is 2.41. The molecule has 1 aromatic carbocycles. The van der Waals surface area contributed by atoms with Gasteiger partial charge >= 0.3 is 5.97 Å². The van der Waals surface area contributed by atoms with Crippen molar-refractivity contribution in [1.29, 1.82) is 0 Å². The van der Waals surface area contributed by atoms with Gasteiger partial charge in [-0.15, -0.1) is 0 Å². The number of rotatable bonds is 3. The summed E-state index contributed by atoms with van der Waals surface area (Å²) < 4.78 is 1.44. The molecule has 3 atom stereocenters. The third kappa shape index (κ3) is 2.73. The van der Waals surface area contributed by atoms with Gasteiger partial charge in [-0.2, -0.15) is 5.10 Å². The van der Waals surface area contributed by atoms with E-state index < -0.39 is 17.9 Å². The fourth-order valence-electron chi connectivity index (χ4n) is 4.33. The molecule has 2 aromatic rings. The molecule has 3 unspecified atom stereocenters. The molecule has 1 aliphatic carbocycles. The van der Waals surface area contributed by atoms with Crippen molar-refractivity contribution in [3.05, 3.63) is 42.2 Å². The van der Waals surface area contributed by atoms with Crippen LogP contribution in [0.25, 0.3) is 5.69 Å². The highest BCUT2D eigenvalue weighted by molar-refractivity contribution is 5.97. The maximum absolute atomic E-state index is 13.1. The van der Waals surface area contributed by atoms with Gasteiger partial charge in [0.2, 0.25) is 0 Å². The second-order valence-corrected chi connectivity index (χ2v) is 7.06. The molecule has 7 heteroatoms. The molecule has 1 saturated carbocycles. The first-order chi connectivity index (χ1) is 12.6. The first-order valence-corrected chi connectivity index (χ1v) is 8.96. The van der Waals surface area contributed by atoms with Crippen LogP contribution in [0.5, 0.6) is 5.75 Å². The van der Waals surface area contributed by atoms with E-state index in [1.807, 2.05) is 30.3 Å². The van der Waals surface area contributed by atoms with Gasteiger partial charge in [0.1, 0.15) is 6.04 Å². The summed E-state index contributed by atoms with van der Waals surface area (Å²) in [5, 5.41) is 24.1.